The number of hydrogen-bond donors (Lipinski definition) is 1. The number of likely N-dealkylation sites (tertiary alicyclic amines) is 1. The van der Waals surface area contributed by atoms with Crippen LogP contribution in [0.5, 0.6) is 0 Å². The van der Waals surface area contributed by atoms with Crippen LogP contribution in [0, 0.1) is 23.2 Å². The van der Waals surface area contributed by atoms with E-state index >= 15 is 0 Å². The van der Waals surface area contributed by atoms with Gasteiger partial charge in [-0.15, -0.1) is 0 Å². The predicted molar refractivity (Wildman–Crippen MR) is 85.5 cm³/mol. The molecule has 20 heavy (non-hydrogen) atoms. The lowest BCUT2D eigenvalue weighted by atomic mass is 9.89. The summed E-state index contributed by atoms with van der Waals surface area (Å²) in [5, 5.41) is 12.5. The molecule has 0 aromatic heterocycles. The van der Waals surface area contributed by atoms with Crippen LogP contribution in [0.3, 0.4) is 0 Å². The van der Waals surface area contributed by atoms with Gasteiger partial charge >= 0.3 is 0 Å². The van der Waals surface area contributed by atoms with Gasteiger partial charge in [0.25, 0.3) is 0 Å². The van der Waals surface area contributed by atoms with Gasteiger partial charge in [-0.25, -0.2) is 0 Å². The van der Waals surface area contributed by atoms with E-state index in [1.165, 1.54) is 32.4 Å². The lowest BCUT2D eigenvalue weighted by Gasteiger charge is -2.26. The summed E-state index contributed by atoms with van der Waals surface area (Å²) in [6.45, 7) is 10.4. The minimum absolute atomic E-state index is 0.313. The molecule has 0 aromatic carbocycles. The fourth-order valence-corrected chi connectivity index (χ4v) is 3.35. The van der Waals surface area contributed by atoms with Crippen LogP contribution in [-0.4, -0.2) is 37.1 Å². The Balaban J connectivity index is 2.34. The topological polar surface area (TPSA) is 39.1 Å². The second kappa shape index (κ2) is 8.64. The molecule has 2 atom stereocenters. The van der Waals surface area contributed by atoms with E-state index < -0.39 is 0 Å². The fourth-order valence-electron chi connectivity index (χ4n) is 3.35. The molecule has 2 unspecified atom stereocenters. The molecule has 1 N–H and O–H groups in total. The van der Waals surface area contributed by atoms with Crippen LogP contribution in [0.1, 0.15) is 59.3 Å². The monoisotopic (exact) mass is 279 g/mol. The average molecular weight is 279 g/mol. The third-order valence-corrected chi connectivity index (χ3v) is 5.18. The molecule has 0 aromatic rings. The third-order valence-electron chi connectivity index (χ3n) is 5.18. The zero-order valence-electron chi connectivity index (χ0n) is 13.9. The van der Waals surface area contributed by atoms with Crippen LogP contribution in [0.4, 0.5) is 0 Å². The van der Waals surface area contributed by atoms with Crippen molar-refractivity contribution >= 4 is 0 Å². The maximum absolute atomic E-state index is 9.33. The maximum Gasteiger partial charge on any atom is 0.106 e. The van der Waals surface area contributed by atoms with Gasteiger partial charge in [-0.1, -0.05) is 20.8 Å². The minimum Gasteiger partial charge on any atom is -0.303 e. The van der Waals surface area contributed by atoms with Gasteiger partial charge in [0.2, 0.25) is 0 Å². The molecule has 1 heterocycles. The zero-order chi connectivity index (χ0) is 15.0. The summed E-state index contributed by atoms with van der Waals surface area (Å²) in [7, 11) is 1.91. The van der Waals surface area contributed by atoms with E-state index in [0.717, 1.165) is 37.6 Å². The molecule has 1 saturated heterocycles. The van der Waals surface area contributed by atoms with Gasteiger partial charge in [0.1, 0.15) is 5.54 Å². The highest BCUT2D eigenvalue weighted by atomic mass is 15.1. The Bertz CT molecular complexity index is 302. The highest BCUT2D eigenvalue weighted by molar-refractivity contribution is 5.05. The van der Waals surface area contributed by atoms with Gasteiger partial charge in [0.15, 0.2) is 0 Å². The summed E-state index contributed by atoms with van der Waals surface area (Å²) in [4.78, 5) is 2.61. The van der Waals surface area contributed by atoms with Crippen LogP contribution >= 0.6 is 0 Å². The number of rotatable bonds is 7. The molecule has 1 rings (SSSR count). The molecule has 1 aliphatic rings. The molecule has 0 spiro atoms. The molecule has 1 fully saturated rings. The largest absolute Gasteiger partial charge is 0.303 e. The van der Waals surface area contributed by atoms with E-state index in [-0.39, 0.29) is 5.54 Å². The summed E-state index contributed by atoms with van der Waals surface area (Å²) < 4.78 is 0. The van der Waals surface area contributed by atoms with Crippen molar-refractivity contribution in [3.05, 3.63) is 0 Å². The predicted octanol–water partition coefficient (Wildman–Crippen LogP) is 3.42. The number of nitriles is 1. The van der Waals surface area contributed by atoms with Gasteiger partial charge in [-0.3, -0.25) is 0 Å². The van der Waals surface area contributed by atoms with Crippen LogP contribution in [0.15, 0.2) is 0 Å². The first-order valence-corrected chi connectivity index (χ1v) is 8.39. The van der Waals surface area contributed by atoms with Crippen LogP contribution in [0.25, 0.3) is 0 Å². The second-order valence-electron chi connectivity index (χ2n) is 6.68. The van der Waals surface area contributed by atoms with Gasteiger partial charge in [-0.05, 0) is 77.0 Å². The van der Waals surface area contributed by atoms with Crippen molar-refractivity contribution in [1.29, 1.82) is 5.26 Å². The molecule has 1 aliphatic heterocycles. The molecule has 0 radical (unpaired) electrons. The molecular formula is C17H33N3. The molecule has 3 nitrogen and oxygen atoms in total. The SMILES string of the molecule is CCC(C#N)(CCCN1CCCC(C(C)C)CC1)NC. The molecule has 0 bridgehead atoms. The van der Waals surface area contributed by atoms with Crippen molar-refractivity contribution in [2.45, 2.75) is 64.8 Å². The van der Waals surface area contributed by atoms with Crippen molar-refractivity contribution in [1.82, 2.24) is 10.2 Å². The summed E-state index contributed by atoms with van der Waals surface area (Å²) in [6, 6.07) is 2.46. The number of nitrogens with one attached hydrogen (secondary N) is 1. The Morgan fingerprint density at radius 2 is 2.10 bits per heavy atom. The van der Waals surface area contributed by atoms with E-state index in [1.54, 1.807) is 0 Å². The first-order valence-electron chi connectivity index (χ1n) is 8.39. The first kappa shape index (κ1) is 17.5. The van der Waals surface area contributed by atoms with E-state index in [1.807, 2.05) is 7.05 Å². The lowest BCUT2D eigenvalue weighted by Crippen LogP contribution is -2.41. The van der Waals surface area contributed by atoms with E-state index in [4.69, 9.17) is 0 Å². The molecular weight excluding hydrogens is 246 g/mol. The number of nitrogens with zero attached hydrogens (tertiary/aromatic N) is 2. The fraction of sp³-hybridized carbons (Fsp3) is 0.941. The van der Waals surface area contributed by atoms with E-state index in [9.17, 15) is 5.26 Å². The Morgan fingerprint density at radius 3 is 2.65 bits per heavy atom. The van der Waals surface area contributed by atoms with Crippen molar-refractivity contribution < 1.29 is 0 Å². The standard InChI is InChI=1S/C17H33N3/c1-5-17(14-18,19-4)10-7-12-20-11-6-8-16(9-13-20)15(2)3/h15-16,19H,5-13H2,1-4H3. The quantitative estimate of drug-likeness (QED) is 0.776. The normalized spacial score (nSPS) is 24.1. The Kier molecular flexibility index (Phi) is 7.55. The Hall–Kier alpha value is -0.590. The van der Waals surface area contributed by atoms with E-state index in [2.05, 4.69) is 37.1 Å². The minimum atomic E-state index is -0.313. The first-order chi connectivity index (χ1) is 9.56. The van der Waals surface area contributed by atoms with Crippen molar-refractivity contribution in [3.8, 4) is 6.07 Å². The summed E-state index contributed by atoms with van der Waals surface area (Å²) in [6.07, 6.45) is 7.04. The van der Waals surface area contributed by atoms with Crippen molar-refractivity contribution in [2.75, 3.05) is 26.7 Å². The van der Waals surface area contributed by atoms with Gasteiger partial charge in [0, 0.05) is 0 Å². The highest BCUT2D eigenvalue weighted by Crippen LogP contribution is 2.25. The Morgan fingerprint density at radius 1 is 1.35 bits per heavy atom. The van der Waals surface area contributed by atoms with Crippen LogP contribution < -0.4 is 5.32 Å². The summed E-state index contributed by atoms with van der Waals surface area (Å²) in [5.74, 6) is 1.73. The average Bonchev–Trinajstić information content (AvgIpc) is 2.70. The highest BCUT2D eigenvalue weighted by Gasteiger charge is 2.25. The van der Waals surface area contributed by atoms with Crippen molar-refractivity contribution in [3.63, 3.8) is 0 Å². The number of hydrogen-bond acceptors (Lipinski definition) is 3. The van der Waals surface area contributed by atoms with Gasteiger partial charge in [-0.2, -0.15) is 5.26 Å². The van der Waals surface area contributed by atoms with Crippen LogP contribution in [-0.2, 0) is 0 Å². The van der Waals surface area contributed by atoms with Crippen LogP contribution in [0.2, 0.25) is 0 Å². The second-order valence-corrected chi connectivity index (χ2v) is 6.68. The van der Waals surface area contributed by atoms with Gasteiger partial charge in [0.05, 0.1) is 6.07 Å². The molecule has 0 amide bonds. The molecule has 0 saturated carbocycles. The van der Waals surface area contributed by atoms with Gasteiger partial charge < -0.3 is 10.2 Å². The zero-order valence-corrected chi connectivity index (χ0v) is 13.9. The maximum atomic E-state index is 9.33. The molecule has 3 heteroatoms. The lowest BCUT2D eigenvalue weighted by molar-refractivity contribution is 0.255. The molecule has 116 valence electrons. The third kappa shape index (κ3) is 5.07. The smallest absolute Gasteiger partial charge is 0.106 e. The summed E-state index contributed by atoms with van der Waals surface area (Å²) in [5.41, 5.74) is -0.313. The molecule has 0 aliphatic carbocycles. The van der Waals surface area contributed by atoms with E-state index in [0.29, 0.717) is 0 Å². The van der Waals surface area contributed by atoms with Crippen molar-refractivity contribution in [2.24, 2.45) is 11.8 Å². The Labute approximate surface area is 125 Å². The summed E-state index contributed by atoms with van der Waals surface area (Å²) >= 11 is 0.